The highest BCUT2D eigenvalue weighted by Crippen LogP contribution is 2.08. The van der Waals surface area contributed by atoms with Crippen LogP contribution in [0.1, 0.15) is 18.9 Å². The smallest absolute Gasteiger partial charge is 0.263 e. The second kappa shape index (κ2) is 4.79. The number of aliphatic imine (C=N–C) groups is 1. The summed E-state index contributed by atoms with van der Waals surface area (Å²) in [5.74, 6) is 0.765. The van der Waals surface area contributed by atoms with Crippen LogP contribution in [0.2, 0.25) is 0 Å². The maximum Gasteiger partial charge on any atom is 0.263 e. The second-order valence-corrected chi connectivity index (χ2v) is 3.75. The number of hydrogen-bond donors (Lipinski definition) is 2. The number of nitrogens with zero attached hydrogens (tertiary/aromatic N) is 1. The summed E-state index contributed by atoms with van der Waals surface area (Å²) in [6, 6.07) is 9.62. The van der Waals surface area contributed by atoms with E-state index in [2.05, 4.69) is 15.8 Å². The van der Waals surface area contributed by atoms with Crippen molar-refractivity contribution in [3.8, 4) is 0 Å². The number of amidine groups is 1. The summed E-state index contributed by atoms with van der Waals surface area (Å²) in [5, 5.41) is 0. The highest BCUT2D eigenvalue weighted by molar-refractivity contribution is 5.93. The Morgan fingerprint density at radius 1 is 1.25 bits per heavy atom. The van der Waals surface area contributed by atoms with Crippen molar-refractivity contribution in [1.29, 1.82) is 0 Å². The summed E-state index contributed by atoms with van der Waals surface area (Å²) in [5.41, 5.74) is 6.55. The summed E-state index contributed by atoms with van der Waals surface area (Å²) in [4.78, 5) is 15.9. The van der Waals surface area contributed by atoms with Gasteiger partial charge in [-0.1, -0.05) is 37.3 Å². The number of carbonyl (C=O) groups excluding carboxylic acids is 1. The van der Waals surface area contributed by atoms with Crippen molar-refractivity contribution in [3.05, 3.63) is 35.9 Å². The van der Waals surface area contributed by atoms with Gasteiger partial charge in [-0.2, -0.15) is 0 Å². The molecule has 1 amide bonds. The number of carbonyl (C=O) groups is 1. The second-order valence-electron chi connectivity index (χ2n) is 3.75. The molecule has 0 aliphatic carbocycles. The molecular formula is C12H15N3O. The van der Waals surface area contributed by atoms with Crippen molar-refractivity contribution in [3.63, 3.8) is 0 Å². The van der Waals surface area contributed by atoms with Gasteiger partial charge in [0.25, 0.3) is 5.91 Å². The van der Waals surface area contributed by atoms with Gasteiger partial charge in [-0.05, 0) is 5.56 Å². The van der Waals surface area contributed by atoms with Gasteiger partial charge in [0.1, 0.15) is 11.9 Å². The Morgan fingerprint density at radius 2 is 2.00 bits per heavy atom. The Kier molecular flexibility index (Phi) is 3.19. The lowest BCUT2D eigenvalue weighted by Gasteiger charge is -2.21. The molecule has 0 radical (unpaired) electrons. The molecule has 0 aromatic heterocycles. The number of rotatable bonds is 3. The van der Waals surface area contributed by atoms with Crippen LogP contribution in [-0.2, 0) is 11.2 Å². The summed E-state index contributed by atoms with van der Waals surface area (Å²) in [6.45, 7) is 2.00. The van der Waals surface area contributed by atoms with Gasteiger partial charge in [0, 0.05) is 12.8 Å². The minimum atomic E-state index is -0.307. The molecule has 0 saturated heterocycles. The monoisotopic (exact) mass is 217 g/mol. The first-order valence-corrected chi connectivity index (χ1v) is 5.46. The van der Waals surface area contributed by atoms with Crippen LogP contribution in [0, 0.1) is 0 Å². The molecule has 2 N–H and O–H groups in total. The topological polar surface area (TPSA) is 53.5 Å². The zero-order chi connectivity index (χ0) is 11.4. The Balaban J connectivity index is 2.11. The first-order valence-electron chi connectivity index (χ1n) is 5.46. The summed E-state index contributed by atoms with van der Waals surface area (Å²) in [6.07, 6.45) is 1.45. The first-order chi connectivity index (χ1) is 7.79. The zero-order valence-corrected chi connectivity index (χ0v) is 9.23. The van der Waals surface area contributed by atoms with E-state index in [1.54, 1.807) is 0 Å². The fraction of sp³-hybridized carbons (Fsp3) is 0.333. The molecule has 0 fully saturated rings. The standard InChI is InChI=1S/C12H15N3O/c1-2-11-13-10(12(16)15-14-11)8-9-6-4-3-5-7-9/h3-7,10H,2,8H2,1H3,(H,13,14)(H,15,16). The van der Waals surface area contributed by atoms with E-state index in [0.29, 0.717) is 6.42 Å². The van der Waals surface area contributed by atoms with E-state index in [1.807, 2.05) is 37.3 Å². The third-order valence-electron chi connectivity index (χ3n) is 2.55. The van der Waals surface area contributed by atoms with Gasteiger partial charge in [-0.25, -0.2) is 0 Å². The van der Waals surface area contributed by atoms with E-state index in [1.165, 1.54) is 0 Å². The first kappa shape index (κ1) is 10.7. The molecule has 1 aliphatic rings. The van der Waals surface area contributed by atoms with Gasteiger partial charge in [-0.15, -0.1) is 0 Å². The van der Waals surface area contributed by atoms with E-state index >= 15 is 0 Å². The van der Waals surface area contributed by atoms with Gasteiger partial charge in [0.05, 0.1) is 0 Å². The molecule has 1 aromatic rings. The summed E-state index contributed by atoms with van der Waals surface area (Å²) < 4.78 is 0. The van der Waals surface area contributed by atoms with Gasteiger partial charge in [0.15, 0.2) is 0 Å². The fourth-order valence-electron chi connectivity index (χ4n) is 1.65. The van der Waals surface area contributed by atoms with E-state index < -0.39 is 0 Å². The number of nitrogens with one attached hydrogen (secondary N) is 2. The predicted molar refractivity (Wildman–Crippen MR) is 62.9 cm³/mol. The molecule has 16 heavy (non-hydrogen) atoms. The summed E-state index contributed by atoms with van der Waals surface area (Å²) in [7, 11) is 0. The molecule has 1 aliphatic heterocycles. The van der Waals surface area contributed by atoms with Crippen LogP contribution in [0.5, 0.6) is 0 Å². The van der Waals surface area contributed by atoms with Crippen LogP contribution < -0.4 is 10.9 Å². The predicted octanol–water partition coefficient (Wildman–Crippen LogP) is 1.04. The lowest BCUT2D eigenvalue weighted by Crippen LogP contribution is -2.51. The number of benzene rings is 1. The van der Waals surface area contributed by atoms with Crippen LogP contribution >= 0.6 is 0 Å². The van der Waals surface area contributed by atoms with Crippen LogP contribution in [0.3, 0.4) is 0 Å². The minimum absolute atomic E-state index is 0.0685. The lowest BCUT2D eigenvalue weighted by molar-refractivity contribution is -0.123. The van der Waals surface area contributed by atoms with Gasteiger partial charge < -0.3 is 0 Å². The largest absolute Gasteiger partial charge is 0.286 e. The normalized spacial score (nSPS) is 19.7. The zero-order valence-electron chi connectivity index (χ0n) is 9.23. The van der Waals surface area contributed by atoms with Gasteiger partial charge in [0.2, 0.25) is 0 Å². The third kappa shape index (κ3) is 2.39. The van der Waals surface area contributed by atoms with E-state index in [0.717, 1.165) is 17.8 Å². The average molecular weight is 217 g/mol. The fourth-order valence-corrected chi connectivity index (χ4v) is 1.65. The quantitative estimate of drug-likeness (QED) is 0.795. The van der Waals surface area contributed by atoms with Crippen molar-refractivity contribution in [1.82, 2.24) is 10.9 Å². The Labute approximate surface area is 94.7 Å². The van der Waals surface area contributed by atoms with Crippen LogP contribution in [-0.4, -0.2) is 17.8 Å². The molecule has 1 unspecified atom stereocenters. The molecule has 4 heteroatoms. The molecule has 0 bridgehead atoms. The van der Waals surface area contributed by atoms with Crippen LogP contribution in [0.15, 0.2) is 35.3 Å². The number of hydrogen-bond acceptors (Lipinski definition) is 3. The maximum absolute atomic E-state index is 11.6. The van der Waals surface area contributed by atoms with Crippen molar-refractivity contribution in [2.45, 2.75) is 25.8 Å². The van der Waals surface area contributed by atoms with E-state index in [9.17, 15) is 4.79 Å². The summed E-state index contributed by atoms with van der Waals surface area (Å²) >= 11 is 0. The molecule has 1 atom stereocenters. The SMILES string of the molecule is CCC1=NC(Cc2ccccc2)C(=O)NN1. The lowest BCUT2D eigenvalue weighted by atomic mass is 10.1. The van der Waals surface area contributed by atoms with E-state index in [4.69, 9.17) is 0 Å². The molecule has 1 heterocycles. The van der Waals surface area contributed by atoms with Crippen molar-refractivity contribution in [2.24, 2.45) is 4.99 Å². The maximum atomic E-state index is 11.6. The highest BCUT2D eigenvalue weighted by Gasteiger charge is 2.22. The third-order valence-corrected chi connectivity index (χ3v) is 2.55. The molecule has 1 aromatic carbocycles. The Hall–Kier alpha value is -1.84. The van der Waals surface area contributed by atoms with Crippen molar-refractivity contribution < 1.29 is 4.79 Å². The molecule has 2 rings (SSSR count). The van der Waals surface area contributed by atoms with Crippen LogP contribution in [0.4, 0.5) is 0 Å². The highest BCUT2D eigenvalue weighted by atomic mass is 16.2. The minimum Gasteiger partial charge on any atom is -0.286 e. The molecular weight excluding hydrogens is 202 g/mol. The Morgan fingerprint density at radius 3 is 2.69 bits per heavy atom. The van der Waals surface area contributed by atoms with Gasteiger partial charge >= 0.3 is 0 Å². The number of hydrazine groups is 1. The molecule has 0 spiro atoms. The van der Waals surface area contributed by atoms with Crippen molar-refractivity contribution >= 4 is 11.7 Å². The number of amides is 1. The Bertz CT molecular complexity index is 400. The van der Waals surface area contributed by atoms with Crippen LogP contribution in [0.25, 0.3) is 0 Å². The molecule has 4 nitrogen and oxygen atoms in total. The van der Waals surface area contributed by atoms with Gasteiger partial charge in [-0.3, -0.25) is 20.6 Å². The van der Waals surface area contributed by atoms with E-state index in [-0.39, 0.29) is 11.9 Å². The molecule has 84 valence electrons. The average Bonchev–Trinajstić information content (AvgIpc) is 2.33. The molecule has 0 saturated carbocycles. The van der Waals surface area contributed by atoms with Crippen molar-refractivity contribution in [2.75, 3.05) is 0 Å².